The molecule has 1 rings (SSSR count). The molecule has 0 bridgehead atoms. The molecule has 0 radical (unpaired) electrons. The van der Waals surface area contributed by atoms with E-state index in [1.165, 1.54) is 0 Å². The number of nitrogens with zero attached hydrogens (tertiary/aromatic N) is 2. The van der Waals surface area contributed by atoms with Gasteiger partial charge in [-0.1, -0.05) is 6.92 Å². The normalized spacial score (nSPS) is 10.6. The molecule has 0 saturated heterocycles. The van der Waals surface area contributed by atoms with Gasteiger partial charge in [0.05, 0.1) is 24.7 Å². The van der Waals surface area contributed by atoms with E-state index in [4.69, 9.17) is 4.74 Å². The molecule has 0 aliphatic heterocycles. The Bertz CT molecular complexity index is 315. The second kappa shape index (κ2) is 7.90. The molecule has 1 heterocycles. The van der Waals surface area contributed by atoms with E-state index >= 15 is 0 Å². The summed E-state index contributed by atoms with van der Waals surface area (Å²) in [6.45, 7) is 4.88. The minimum Gasteiger partial charge on any atom is -0.492 e. The summed E-state index contributed by atoms with van der Waals surface area (Å²) < 4.78 is 5.65. The maximum atomic E-state index is 5.65. The third-order valence-electron chi connectivity index (χ3n) is 2.31. The van der Waals surface area contributed by atoms with Crippen molar-refractivity contribution in [2.45, 2.75) is 19.8 Å². The molecule has 0 amide bonds. The third kappa shape index (κ3) is 6.12. The van der Waals surface area contributed by atoms with Gasteiger partial charge in [0.15, 0.2) is 0 Å². The van der Waals surface area contributed by atoms with Crippen molar-refractivity contribution in [3.63, 3.8) is 0 Å². The highest BCUT2D eigenvalue weighted by Crippen LogP contribution is 2.15. The second-order valence-corrected chi connectivity index (χ2v) is 4.34. The van der Waals surface area contributed by atoms with E-state index in [1.54, 1.807) is 6.20 Å². The summed E-state index contributed by atoms with van der Waals surface area (Å²) in [6, 6.07) is 2.00. The molecular formula is C13H23N3O. The van der Waals surface area contributed by atoms with Gasteiger partial charge >= 0.3 is 0 Å². The van der Waals surface area contributed by atoms with Crippen LogP contribution in [0.5, 0.6) is 5.75 Å². The number of pyridine rings is 1. The fourth-order valence-corrected chi connectivity index (χ4v) is 1.43. The monoisotopic (exact) mass is 237 g/mol. The predicted octanol–water partition coefficient (Wildman–Crippen LogP) is 2.23. The van der Waals surface area contributed by atoms with Crippen molar-refractivity contribution in [2.75, 3.05) is 39.1 Å². The molecule has 96 valence electrons. The van der Waals surface area contributed by atoms with Gasteiger partial charge in [0.2, 0.25) is 0 Å². The summed E-state index contributed by atoms with van der Waals surface area (Å²) in [5.74, 6) is 0.838. The third-order valence-corrected chi connectivity index (χ3v) is 2.31. The molecular weight excluding hydrogens is 214 g/mol. The molecule has 0 atom stereocenters. The first-order valence-electron chi connectivity index (χ1n) is 6.19. The minimum absolute atomic E-state index is 0.733. The summed E-state index contributed by atoms with van der Waals surface area (Å²) >= 11 is 0. The Labute approximate surface area is 104 Å². The second-order valence-electron chi connectivity index (χ2n) is 4.34. The Morgan fingerprint density at radius 3 is 2.88 bits per heavy atom. The molecule has 0 aliphatic rings. The van der Waals surface area contributed by atoms with Gasteiger partial charge in [0.1, 0.15) is 5.75 Å². The van der Waals surface area contributed by atoms with Gasteiger partial charge < -0.3 is 15.0 Å². The van der Waals surface area contributed by atoms with Gasteiger partial charge in [0.25, 0.3) is 0 Å². The molecule has 1 aromatic rings. The zero-order valence-corrected chi connectivity index (χ0v) is 11.1. The van der Waals surface area contributed by atoms with E-state index in [2.05, 4.69) is 36.2 Å². The van der Waals surface area contributed by atoms with Crippen molar-refractivity contribution < 1.29 is 4.74 Å². The van der Waals surface area contributed by atoms with Crippen molar-refractivity contribution >= 4 is 5.69 Å². The quantitative estimate of drug-likeness (QED) is 0.704. The van der Waals surface area contributed by atoms with E-state index in [0.717, 1.165) is 44.0 Å². The smallest absolute Gasteiger partial charge is 0.139 e. The first kappa shape index (κ1) is 13.8. The van der Waals surface area contributed by atoms with Gasteiger partial charge in [0, 0.05) is 19.2 Å². The highest BCUT2D eigenvalue weighted by molar-refractivity contribution is 5.44. The van der Waals surface area contributed by atoms with Crippen LogP contribution in [-0.4, -0.2) is 43.7 Å². The fraction of sp³-hybridized carbons (Fsp3) is 0.615. The molecule has 0 saturated carbocycles. The van der Waals surface area contributed by atoms with Crippen molar-refractivity contribution in [3.05, 3.63) is 18.5 Å². The van der Waals surface area contributed by atoms with Crippen LogP contribution < -0.4 is 10.1 Å². The number of anilines is 1. The number of nitrogens with one attached hydrogen (secondary N) is 1. The molecule has 0 aromatic carbocycles. The molecule has 0 unspecified atom stereocenters. The minimum atomic E-state index is 0.733. The molecule has 1 N–H and O–H groups in total. The van der Waals surface area contributed by atoms with Gasteiger partial charge in [-0.15, -0.1) is 0 Å². The van der Waals surface area contributed by atoms with Gasteiger partial charge in [-0.25, -0.2) is 0 Å². The van der Waals surface area contributed by atoms with Crippen LogP contribution in [0, 0.1) is 0 Å². The molecule has 1 aromatic heterocycles. The maximum Gasteiger partial charge on any atom is 0.139 e. The van der Waals surface area contributed by atoms with Crippen LogP contribution in [0.25, 0.3) is 0 Å². The summed E-state index contributed by atoms with van der Waals surface area (Å²) in [5, 5.41) is 3.29. The van der Waals surface area contributed by atoms with Gasteiger partial charge in [-0.2, -0.15) is 0 Å². The Kier molecular flexibility index (Phi) is 6.40. The van der Waals surface area contributed by atoms with Crippen LogP contribution in [0.15, 0.2) is 18.5 Å². The highest BCUT2D eigenvalue weighted by Gasteiger charge is 1.98. The summed E-state index contributed by atoms with van der Waals surface area (Å²) in [6.07, 6.45) is 5.71. The average Bonchev–Trinajstić information content (AvgIpc) is 2.32. The maximum absolute atomic E-state index is 5.65. The van der Waals surface area contributed by atoms with Crippen LogP contribution >= 0.6 is 0 Å². The van der Waals surface area contributed by atoms with Crippen molar-refractivity contribution in [1.82, 2.24) is 9.88 Å². The zero-order valence-electron chi connectivity index (χ0n) is 11.1. The highest BCUT2D eigenvalue weighted by atomic mass is 16.5. The number of hydrogen-bond donors (Lipinski definition) is 1. The predicted molar refractivity (Wildman–Crippen MR) is 71.7 cm³/mol. The molecule has 0 spiro atoms. The van der Waals surface area contributed by atoms with Crippen LogP contribution in [0.1, 0.15) is 19.8 Å². The lowest BCUT2D eigenvalue weighted by atomic mass is 10.3. The first-order valence-corrected chi connectivity index (χ1v) is 6.19. The molecule has 17 heavy (non-hydrogen) atoms. The lowest BCUT2D eigenvalue weighted by molar-refractivity contribution is 0.281. The molecule has 4 heteroatoms. The average molecular weight is 237 g/mol. The van der Waals surface area contributed by atoms with E-state index in [0.29, 0.717) is 0 Å². The largest absolute Gasteiger partial charge is 0.492 e. The lowest BCUT2D eigenvalue weighted by Gasteiger charge is -2.11. The number of hydrogen-bond acceptors (Lipinski definition) is 4. The fourth-order valence-electron chi connectivity index (χ4n) is 1.43. The summed E-state index contributed by atoms with van der Waals surface area (Å²) in [5.41, 5.74) is 1.02. The Balaban J connectivity index is 2.32. The standard InChI is InChI=1S/C13H23N3O/c1-4-6-15-12-9-13(11-14-10-12)17-8-5-7-16(2)3/h9-11,15H,4-8H2,1-3H3. The van der Waals surface area contributed by atoms with E-state index in [1.807, 2.05) is 12.3 Å². The van der Waals surface area contributed by atoms with Crippen molar-refractivity contribution in [1.29, 1.82) is 0 Å². The molecule has 0 fully saturated rings. The molecule has 4 nitrogen and oxygen atoms in total. The van der Waals surface area contributed by atoms with Crippen molar-refractivity contribution in [3.8, 4) is 5.75 Å². The van der Waals surface area contributed by atoms with Gasteiger partial charge in [-0.3, -0.25) is 4.98 Å². The first-order chi connectivity index (χ1) is 8.22. The van der Waals surface area contributed by atoms with Crippen LogP contribution in [-0.2, 0) is 0 Å². The Morgan fingerprint density at radius 1 is 1.35 bits per heavy atom. The van der Waals surface area contributed by atoms with Gasteiger partial charge in [-0.05, 0) is 26.9 Å². The lowest BCUT2D eigenvalue weighted by Crippen LogP contribution is -2.15. The Hall–Kier alpha value is -1.29. The Morgan fingerprint density at radius 2 is 2.18 bits per heavy atom. The number of rotatable bonds is 8. The van der Waals surface area contributed by atoms with Crippen molar-refractivity contribution in [2.24, 2.45) is 0 Å². The summed E-state index contributed by atoms with van der Waals surface area (Å²) in [4.78, 5) is 6.31. The zero-order chi connectivity index (χ0) is 12.5. The van der Waals surface area contributed by atoms with E-state index < -0.39 is 0 Å². The van der Waals surface area contributed by atoms with E-state index in [-0.39, 0.29) is 0 Å². The summed E-state index contributed by atoms with van der Waals surface area (Å²) in [7, 11) is 4.13. The number of ether oxygens (including phenoxy) is 1. The molecule has 0 aliphatic carbocycles. The van der Waals surface area contributed by atoms with Crippen LogP contribution in [0.4, 0.5) is 5.69 Å². The SMILES string of the molecule is CCCNc1cncc(OCCCN(C)C)c1. The number of aromatic nitrogens is 1. The topological polar surface area (TPSA) is 37.4 Å². The van der Waals surface area contributed by atoms with Crippen LogP contribution in [0.2, 0.25) is 0 Å². The van der Waals surface area contributed by atoms with E-state index in [9.17, 15) is 0 Å². The van der Waals surface area contributed by atoms with Crippen LogP contribution in [0.3, 0.4) is 0 Å².